The molecule has 1 atom stereocenters. The molecular formula is C20H22O6. The molecule has 1 unspecified atom stereocenters. The van der Waals surface area contributed by atoms with Crippen molar-refractivity contribution in [1.82, 2.24) is 0 Å². The van der Waals surface area contributed by atoms with Crippen LogP contribution < -0.4 is 4.74 Å². The number of ketones is 1. The van der Waals surface area contributed by atoms with Crippen LogP contribution in [0.15, 0.2) is 42.5 Å². The molecule has 0 heterocycles. The van der Waals surface area contributed by atoms with Crippen molar-refractivity contribution in [3.63, 3.8) is 0 Å². The Labute approximate surface area is 151 Å². The van der Waals surface area contributed by atoms with Gasteiger partial charge in [-0.15, -0.1) is 0 Å². The van der Waals surface area contributed by atoms with Gasteiger partial charge in [0.1, 0.15) is 17.2 Å². The van der Waals surface area contributed by atoms with Crippen LogP contribution in [0.25, 0.3) is 6.08 Å². The van der Waals surface area contributed by atoms with Gasteiger partial charge in [-0.25, -0.2) is 4.89 Å². The van der Waals surface area contributed by atoms with Crippen LogP contribution in [0.3, 0.4) is 0 Å². The summed E-state index contributed by atoms with van der Waals surface area (Å²) in [5, 5.41) is 28.7. The average molecular weight is 358 g/mol. The van der Waals surface area contributed by atoms with Gasteiger partial charge in [0.2, 0.25) is 0 Å². The molecule has 6 heteroatoms. The number of phenolic OH excluding ortho intramolecular Hbond substituents is 2. The quantitative estimate of drug-likeness (QED) is 0.287. The molecule has 0 amide bonds. The van der Waals surface area contributed by atoms with Gasteiger partial charge in [-0.3, -0.25) is 10.1 Å². The van der Waals surface area contributed by atoms with Crippen LogP contribution in [0.5, 0.6) is 17.2 Å². The molecule has 3 N–H and O–H groups in total. The molecule has 0 aliphatic rings. The highest BCUT2D eigenvalue weighted by Crippen LogP contribution is 2.33. The molecule has 2 aromatic carbocycles. The summed E-state index contributed by atoms with van der Waals surface area (Å²) in [6, 6.07) is 9.47. The molecule has 2 aromatic rings. The molecule has 0 aliphatic carbocycles. The number of hydrogen-bond acceptors (Lipinski definition) is 6. The lowest BCUT2D eigenvalue weighted by molar-refractivity contribution is -0.278. The van der Waals surface area contributed by atoms with E-state index < -0.39 is 6.10 Å². The van der Waals surface area contributed by atoms with Crippen molar-refractivity contribution < 1.29 is 29.9 Å². The molecule has 0 saturated carbocycles. The van der Waals surface area contributed by atoms with E-state index in [1.807, 2.05) is 6.92 Å². The standard InChI is InChI=1S/C20H22O6/c1-3-15(26-24)12-17-19(25-2)11-9-16(20(17)23)18(22)10-6-13-4-7-14(21)8-5-13/h4-11,15,21,23-24H,3,12H2,1-2H3/b10-6+. The number of phenols is 2. The zero-order valence-corrected chi connectivity index (χ0v) is 14.7. The van der Waals surface area contributed by atoms with Gasteiger partial charge in [-0.1, -0.05) is 25.1 Å². The van der Waals surface area contributed by atoms with Gasteiger partial charge >= 0.3 is 0 Å². The van der Waals surface area contributed by atoms with Crippen LogP contribution in [0, 0.1) is 0 Å². The smallest absolute Gasteiger partial charge is 0.189 e. The highest BCUT2D eigenvalue weighted by Gasteiger charge is 2.20. The summed E-state index contributed by atoms with van der Waals surface area (Å²) in [5.74, 6) is -0.0165. The first-order valence-corrected chi connectivity index (χ1v) is 8.20. The molecule has 0 spiro atoms. The third-order valence-electron chi connectivity index (χ3n) is 4.08. The van der Waals surface area contributed by atoms with Gasteiger partial charge in [-0.2, -0.15) is 0 Å². The minimum Gasteiger partial charge on any atom is -0.508 e. The van der Waals surface area contributed by atoms with Crippen LogP contribution in [0.4, 0.5) is 0 Å². The predicted molar refractivity (Wildman–Crippen MR) is 97.6 cm³/mol. The van der Waals surface area contributed by atoms with Crippen LogP contribution in [-0.2, 0) is 11.3 Å². The Balaban J connectivity index is 2.30. The highest BCUT2D eigenvalue weighted by molar-refractivity contribution is 6.09. The normalized spacial score (nSPS) is 12.3. The van der Waals surface area contributed by atoms with E-state index in [0.717, 1.165) is 5.56 Å². The fourth-order valence-electron chi connectivity index (χ4n) is 2.54. The first-order valence-electron chi connectivity index (χ1n) is 8.20. The lowest BCUT2D eigenvalue weighted by Gasteiger charge is -2.16. The predicted octanol–water partition coefficient (Wildman–Crippen LogP) is 3.81. The molecule has 2 rings (SSSR count). The summed E-state index contributed by atoms with van der Waals surface area (Å²) in [5.41, 5.74) is 1.27. The molecule has 26 heavy (non-hydrogen) atoms. The summed E-state index contributed by atoms with van der Waals surface area (Å²) < 4.78 is 5.24. The topological polar surface area (TPSA) is 96.2 Å². The fraction of sp³-hybridized carbons (Fsp3) is 0.250. The second kappa shape index (κ2) is 9.03. The van der Waals surface area contributed by atoms with Gasteiger partial charge in [0.05, 0.1) is 18.8 Å². The van der Waals surface area contributed by atoms with Gasteiger partial charge in [0, 0.05) is 12.0 Å². The molecule has 0 fully saturated rings. The molecule has 0 saturated heterocycles. The number of methoxy groups -OCH3 is 1. The van der Waals surface area contributed by atoms with E-state index in [-0.39, 0.29) is 29.3 Å². The van der Waals surface area contributed by atoms with E-state index >= 15 is 0 Å². The average Bonchev–Trinajstić information content (AvgIpc) is 2.66. The summed E-state index contributed by atoms with van der Waals surface area (Å²) in [7, 11) is 1.46. The van der Waals surface area contributed by atoms with E-state index in [4.69, 9.17) is 9.99 Å². The van der Waals surface area contributed by atoms with Crippen molar-refractivity contribution in [3.8, 4) is 17.2 Å². The number of allylic oxidation sites excluding steroid dienone is 1. The van der Waals surface area contributed by atoms with E-state index in [1.165, 1.54) is 31.4 Å². The maximum atomic E-state index is 12.5. The molecule has 138 valence electrons. The molecular weight excluding hydrogens is 336 g/mol. The van der Waals surface area contributed by atoms with Gasteiger partial charge in [0.25, 0.3) is 0 Å². The first-order chi connectivity index (χ1) is 12.5. The number of carbonyl (C=O) groups excluding carboxylic acids is 1. The Bertz CT molecular complexity index is 776. The Kier molecular flexibility index (Phi) is 6.77. The Hall–Kier alpha value is -2.83. The van der Waals surface area contributed by atoms with Crippen molar-refractivity contribution in [2.45, 2.75) is 25.9 Å². The minimum atomic E-state index is -0.521. The zero-order valence-electron chi connectivity index (χ0n) is 14.7. The Morgan fingerprint density at radius 2 is 1.85 bits per heavy atom. The number of rotatable bonds is 8. The maximum absolute atomic E-state index is 12.5. The minimum absolute atomic E-state index is 0.128. The molecule has 6 nitrogen and oxygen atoms in total. The lowest BCUT2D eigenvalue weighted by Crippen LogP contribution is -2.14. The second-order valence-electron chi connectivity index (χ2n) is 5.77. The molecule has 0 aromatic heterocycles. The SMILES string of the molecule is CCC(Cc1c(OC)ccc(C(=O)/C=C/c2ccc(O)cc2)c1O)OO. The van der Waals surface area contributed by atoms with E-state index in [1.54, 1.807) is 24.3 Å². The van der Waals surface area contributed by atoms with Gasteiger partial charge < -0.3 is 14.9 Å². The van der Waals surface area contributed by atoms with E-state index in [0.29, 0.717) is 17.7 Å². The summed E-state index contributed by atoms with van der Waals surface area (Å²) in [6.07, 6.45) is 3.14. The van der Waals surface area contributed by atoms with Crippen LogP contribution in [0.2, 0.25) is 0 Å². The third-order valence-corrected chi connectivity index (χ3v) is 4.08. The maximum Gasteiger partial charge on any atom is 0.189 e. The van der Waals surface area contributed by atoms with Crippen LogP contribution >= 0.6 is 0 Å². The van der Waals surface area contributed by atoms with Crippen molar-refractivity contribution in [3.05, 3.63) is 59.2 Å². The summed E-state index contributed by atoms with van der Waals surface area (Å²) >= 11 is 0. The fourth-order valence-corrected chi connectivity index (χ4v) is 2.54. The number of aromatic hydroxyl groups is 2. The number of hydrogen-bond donors (Lipinski definition) is 3. The largest absolute Gasteiger partial charge is 0.508 e. The van der Waals surface area contributed by atoms with E-state index in [9.17, 15) is 15.0 Å². The zero-order chi connectivity index (χ0) is 19.1. The van der Waals surface area contributed by atoms with Crippen LogP contribution in [0.1, 0.15) is 34.8 Å². The first kappa shape index (κ1) is 19.5. The summed E-state index contributed by atoms with van der Waals surface area (Å²) in [4.78, 5) is 16.9. The Morgan fingerprint density at radius 3 is 2.42 bits per heavy atom. The lowest BCUT2D eigenvalue weighted by atomic mass is 9.98. The van der Waals surface area contributed by atoms with Crippen molar-refractivity contribution in [2.75, 3.05) is 7.11 Å². The van der Waals surface area contributed by atoms with Crippen molar-refractivity contribution >= 4 is 11.9 Å². The third kappa shape index (κ3) is 4.62. The molecule has 0 radical (unpaired) electrons. The summed E-state index contributed by atoms with van der Waals surface area (Å²) in [6.45, 7) is 1.83. The molecule has 0 aliphatic heterocycles. The second-order valence-corrected chi connectivity index (χ2v) is 5.77. The Morgan fingerprint density at radius 1 is 1.15 bits per heavy atom. The number of carbonyl (C=O) groups is 1. The number of benzene rings is 2. The van der Waals surface area contributed by atoms with Gasteiger partial charge in [0.15, 0.2) is 5.78 Å². The highest BCUT2D eigenvalue weighted by atomic mass is 17.1. The van der Waals surface area contributed by atoms with Crippen molar-refractivity contribution in [1.29, 1.82) is 0 Å². The number of ether oxygens (including phenoxy) is 1. The molecule has 0 bridgehead atoms. The van der Waals surface area contributed by atoms with Gasteiger partial charge in [-0.05, 0) is 42.3 Å². The van der Waals surface area contributed by atoms with Crippen LogP contribution in [-0.4, -0.2) is 34.5 Å². The van der Waals surface area contributed by atoms with E-state index in [2.05, 4.69) is 4.89 Å². The monoisotopic (exact) mass is 358 g/mol. The van der Waals surface area contributed by atoms with Crippen molar-refractivity contribution in [2.24, 2.45) is 0 Å².